The Morgan fingerprint density at radius 3 is 2.27 bits per heavy atom. The molecule has 0 atom stereocenters. The molecule has 0 radical (unpaired) electrons. The summed E-state index contributed by atoms with van der Waals surface area (Å²) < 4.78 is 0. The van der Waals surface area contributed by atoms with Gasteiger partial charge in [-0.2, -0.15) is 0 Å². The highest BCUT2D eigenvalue weighted by Crippen LogP contribution is 2.22. The van der Waals surface area contributed by atoms with E-state index in [1.54, 1.807) is 0 Å². The van der Waals surface area contributed by atoms with E-state index in [1.165, 1.54) is 5.56 Å². The molecule has 22 heavy (non-hydrogen) atoms. The van der Waals surface area contributed by atoms with Crippen LogP contribution in [0.25, 0.3) is 0 Å². The number of nitrogens with one attached hydrogen (secondary N) is 1. The van der Waals surface area contributed by atoms with Gasteiger partial charge in [0.1, 0.15) is 0 Å². The van der Waals surface area contributed by atoms with Crippen LogP contribution in [-0.2, 0) is 6.42 Å². The fourth-order valence-electron chi connectivity index (χ4n) is 2.65. The molecule has 1 aromatic heterocycles. The number of rotatable bonds is 4. The molecule has 0 saturated carbocycles. The van der Waals surface area contributed by atoms with Gasteiger partial charge in [-0.3, -0.25) is 4.90 Å². The molecule has 0 unspecified atom stereocenters. The van der Waals surface area contributed by atoms with Gasteiger partial charge in [-0.25, -0.2) is 9.97 Å². The molecule has 1 aliphatic heterocycles. The molecule has 3 rings (SSSR count). The van der Waals surface area contributed by atoms with Crippen LogP contribution in [0.2, 0.25) is 0 Å². The molecule has 1 aliphatic rings. The number of nitrogens with zero attached hydrogens (tertiary/aromatic N) is 3. The maximum absolute atomic E-state index is 4.44. The van der Waals surface area contributed by atoms with Crippen molar-refractivity contribution in [1.82, 2.24) is 14.9 Å². The van der Waals surface area contributed by atoms with Crippen molar-refractivity contribution in [2.45, 2.75) is 38.8 Å². The fraction of sp³-hybridized carbons (Fsp3) is 0.444. The predicted octanol–water partition coefficient (Wildman–Crippen LogP) is 2.96. The van der Waals surface area contributed by atoms with E-state index in [9.17, 15) is 0 Å². The summed E-state index contributed by atoms with van der Waals surface area (Å²) in [6.45, 7) is 8.85. The Labute approximate surface area is 132 Å². The minimum absolute atomic E-state index is 0.249. The lowest BCUT2D eigenvalue weighted by atomic mass is 9.98. The quantitative estimate of drug-likeness (QED) is 0.942. The van der Waals surface area contributed by atoms with Crippen molar-refractivity contribution in [1.29, 1.82) is 0 Å². The van der Waals surface area contributed by atoms with E-state index in [4.69, 9.17) is 0 Å². The first kappa shape index (κ1) is 15.0. The van der Waals surface area contributed by atoms with Crippen molar-refractivity contribution in [3.63, 3.8) is 0 Å². The van der Waals surface area contributed by atoms with E-state index < -0.39 is 0 Å². The SMILES string of the molecule is CC(C)(C)N1CC(Nc2ncc(Cc3ccccc3)cn2)C1. The molecule has 2 aromatic rings. The van der Waals surface area contributed by atoms with Gasteiger partial charge in [-0.1, -0.05) is 30.3 Å². The number of benzene rings is 1. The highest BCUT2D eigenvalue weighted by atomic mass is 15.3. The van der Waals surface area contributed by atoms with Crippen LogP contribution < -0.4 is 5.32 Å². The molecule has 2 heterocycles. The van der Waals surface area contributed by atoms with Crippen LogP contribution in [0.4, 0.5) is 5.95 Å². The fourth-order valence-corrected chi connectivity index (χ4v) is 2.65. The highest BCUT2D eigenvalue weighted by molar-refractivity contribution is 5.30. The van der Waals surface area contributed by atoms with Crippen molar-refractivity contribution in [2.24, 2.45) is 0 Å². The van der Waals surface area contributed by atoms with Gasteiger partial charge in [0.2, 0.25) is 5.95 Å². The van der Waals surface area contributed by atoms with Crippen LogP contribution in [0.1, 0.15) is 31.9 Å². The van der Waals surface area contributed by atoms with Crippen molar-refractivity contribution in [3.05, 3.63) is 53.9 Å². The van der Waals surface area contributed by atoms with Crippen molar-refractivity contribution in [2.75, 3.05) is 18.4 Å². The average molecular weight is 296 g/mol. The monoisotopic (exact) mass is 296 g/mol. The summed E-state index contributed by atoms with van der Waals surface area (Å²) >= 11 is 0. The summed E-state index contributed by atoms with van der Waals surface area (Å²) in [6.07, 6.45) is 4.72. The van der Waals surface area contributed by atoms with Gasteiger partial charge in [-0.15, -0.1) is 0 Å². The third-order valence-corrected chi connectivity index (χ3v) is 4.12. The van der Waals surface area contributed by atoms with Gasteiger partial charge < -0.3 is 5.32 Å². The summed E-state index contributed by atoms with van der Waals surface area (Å²) in [4.78, 5) is 11.3. The van der Waals surface area contributed by atoms with E-state index >= 15 is 0 Å². The molecule has 0 spiro atoms. The Hall–Kier alpha value is -1.94. The van der Waals surface area contributed by atoms with Crippen molar-refractivity contribution < 1.29 is 0 Å². The maximum atomic E-state index is 4.44. The molecule has 1 saturated heterocycles. The van der Waals surface area contributed by atoms with Crippen LogP contribution in [-0.4, -0.2) is 39.5 Å². The molecule has 4 heteroatoms. The molecule has 4 nitrogen and oxygen atoms in total. The topological polar surface area (TPSA) is 41.0 Å². The molecular formula is C18H24N4. The average Bonchev–Trinajstić information content (AvgIpc) is 2.44. The first-order chi connectivity index (χ1) is 10.5. The minimum Gasteiger partial charge on any atom is -0.349 e. The Kier molecular flexibility index (Phi) is 4.12. The van der Waals surface area contributed by atoms with Gasteiger partial charge in [0.05, 0.1) is 6.04 Å². The lowest BCUT2D eigenvalue weighted by Gasteiger charge is -2.47. The highest BCUT2D eigenvalue weighted by Gasteiger charge is 2.34. The zero-order valence-electron chi connectivity index (χ0n) is 13.6. The molecule has 1 N–H and O–H groups in total. The van der Waals surface area contributed by atoms with E-state index in [0.29, 0.717) is 6.04 Å². The summed E-state index contributed by atoms with van der Waals surface area (Å²) in [5.74, 6) is 0.732. The summed E-state index contributed by atoms with van der Waals surface area (Å²) in [7, 11) is 0. The summed E-state index contributed by atoms with van der Waals surface area (Å²) in [6, 6.07) is 10.9. The van der Waals surface area contributed by atoms with Crippen molar-refractivity contribution in [3.8, 4) is 0 Å². The predicted molar refractivity (Wildman–Crippen MR) is 90.0 cm³/mol. The Balaban J connectivity index is 1.52. The zero-order chi connectivity index (χ0) is 15.6. The first-order valence-electron chi connectivity index (χ1n) is 7.87. The van der Waals surface area contributed by atoms with Gasteiger partial charge in [-0.05, 0) is 31.9 Å². The molecule has 0 amide bonds. The Morgan fingerprint density at radius 1 is 1.05 bits per heavy atom. The third-order valence-electron chi connectivity index (χ3n) is 4.12. The summed E-state index contributed by atoms with van der Waals surface area (Å²) in [5.41, 5.74) is 2.67. The summed E-state index contributed by atoms with van der Waals surface area (Å²) in [5, 5.41) is 3.41. The molecule has 0 aliphatic carbocycles. The third kappa shape index (κ3) is 3.63. The standard InChI is InChI=1S/C18H24N4/c1-18(2,3)22-12-16(13-22)21-17-19-10-15(11-20-17)9-14-7-5-4-6-8-14/h4-8,10-11,16H,9,12-13H2,1-3H3,(H,19,20,21). The van der Waals surface area contributed by atoms with Crippen LogP contribution >= 0.6 is 0 Å². The molecule has 1 aromatic carbocycles. The second kappa shape index (κ2) is 6.05. The largest absolute Gasteiger partial charge is 0.349 e. The molecule has 1 fully saturated rings. The molecule has 0 bridgehead atoms. The number of likely N-dealkylation sites (tertiary alicyclic amines) is 1. The van der Waals surface area contributed by atoms with Gasteiger partial charge in [0.25, 0.3) is 0 Å². The number of hydrogen-bond donors (Lipinski definition) is 1. The maximum Gasteiger partial charge on any atom is 0.222 e. The van der Waals surface area contributed by atoms with Crippen LogP contribution in [0.3, 0.4) is 0 Å². The van der Waals surface area contributed by atoms with Crippen LogP contribution in [0.5, 0.6) is 0 Å². The van der Waals surface area contributed by atoms with Gasteiger partial charge in [0, 0.05) is 37.4 Å². The number of anilines is 1. The van der Waals surface area contributed by atoms with E-state index in [2.05, 4.69) is 65.2 Å². The van der Waals surface area contributed by atoms with Crippen LogP contribution in [0, 0.1) is 0 Å². The van der Waals surface area contributed by atoms with Gasteiger partial charge in [0.15, 0.2) is 0 Å². The molecular weight excluding hydrogens is 272 g/mol. The van der Waals surface area contributed by atoms with E-state index in [0.717, 1.165) is 31.0 Å². The second-order valence-corrected chi connectivity index (χ2v) is 6.99. The number of aromatic nitrogens is 2. The Morgan fingerprint density at radius 2 is 1.68 bits per heavy atom. The van der Waals surface area contributed by atoms with E-state index in [-0.39, 0.29) is 5.54 Å². The molecule has 116 valence electrons. The minimum atomic E-state index is 0.249. The van der Waals surface area contributed by atoms with Crippen molar-refractivity contribution >= 4 is 5.95 Å². The van der Waals surface area contributed by atoms with Crippen LogP contribution in [0.15, 0.2) is 42.7 Å². The van der Waals surface area contributed by atoms with E-state index in [1.807, 2.05) is 18.5 Å². The zero-order valence-corrected chi connectivity index (χ0v) is 13.6. The lowest BCUT2D eigenvalue weighted by Crippen LogP contribution is -2.61. The first-order valence-corrected chi connectivity index (χ1v) is 7.87. The lowest BCUT2D eigenvalue weighted by molar-refractivity contribution is 0.0565. The van der Waals surface area contributed by atoms with Gasteiger partial charge >= 0.3 is 0 Å². The number of hydrogen-bond acceptors (Lipinski definition) is 4. The Bertz CT molecular complexity index is 595. The normalized spacial score (nSPS) is 16.3. The smallest absolute Gasteiger partial charge is 0.222 e. The second-order valence-electron chi connectivity index (χ2n) is 6.99.